The van der Waals surface area contributed by atoms with Gasteiger partial charge in [0.15, 0.2) is 6.61 Å². The topological polar surface area (TPSA) is 94.6 Å². The second-order valence-electron chi connectivity index (χ2n) is 5.41. The second kappa shape index (κ2) is 9.89. The van der Waals surface area contributed by atoms with Gasteiger partial charge in [0.2, 0.25) is 0 Å². The van der Waals surface area contributed by atoms with Crippen LogP contribution in [0, 0.1) is 0 Å². The van der Waals surface area contributed by atoms with Gasteiger partial charge in [-0.05, 0) is 11.6 Å². The van der Waals surface area contributed by atoms with E-state index < -0.39 is 30.5 Å². The summed E-state index contributed by atoms with van der Waals surface area (Å²) in [4.78, 5) is 39.6. The summed E-state index contributed by atoms with van der Waals surface area (Å²) in [6.45, 7) is -0.582. The van der Waals surface area contributed by atoms with Crippen LogP contribution in [0.5, 0.6) is 0 Å². The van der Waals surface area contributed by atoms with E-state index in [1.807, 2.05) is 30.3 Å². The Balaban J connectivity index is 1.93. The van der Waals surface area contributed by atoms with E-state index in [0.717, 1.165) is 5.56 Å². The largest absolute Gasteiger partial charge is 0.467 e. The molecule has 1 atom stereocenters. The highest BCUT2D eigenvalue weighted by atomic mass is 35.5. The van der Waals surface area contributed by atoms with Crippen molar-refractivity contribution < 1.29 is 23.9 Å². The number of pyridine rings is 1. The number of halogens is 2. The molecular weight excluding hydrogens is 395 g/mol. The number of nitrogens with zero attached hydrogens (tertiary/aromatic N) is 1. The molecule has 1 N–H and O–H groups in total. The first-order valence-electron chi connectivity index (χ1n) is 7.80. The lowest BCUT2D eigenvalue weighted by molar-refractivity contribution is -0.145. The molecule has 0 saturated heterocycles. The molecule has 0 saturated carbocycles. The molecule has 27 heavy (non-hydrogen) atoms. The number of nitrogens with one attached hydrogen (secondary N) is 1. The Kier molecular flexibility index (Phi) is 7.57. The maximum absolute atomic E-state index is 12.1. The molecule has 1 aromatic carbocycles. The fraction of sp³-hybridized carbons (Fsp3) is 0.222. The first-order valence-corrected chi connectivity index (χ1v) is 8.55. The average Bonchev–Trinajstić information content (AvgIpc) is 2.67. The summed E-state index contributed by atoms with van der Waals surface area (Å²) in [5.74, 6) is -2.05. The maximum atomic E-state index is 12.1. The number of aromatic nitrogens is 1. The van der Waals surface area contributed by atoms with Crippen LogP contribution in [0.3, 0.4) is 0 Å². The molecule has 0 unspecified atom stereocenters. The fourth-order valence-electron chi connectivity index (χ4n) is 2.17. The van der Waals surface area contributed by atoms with Gasteiger partial charge in [-0.2, -0.15) is 0 Å². The average molecular weight is 411 g/mol. The third-order valence-electron chi connectivity index (χ3n) is 3.47. The SMILES string of the molecule is COC(=O)[C@H](Cc1ccccc1)NC(=O)COC(=O)c1cnc(Cl)c(Cl)c1. The highest BCUT2D eigenvalue weighted by molar-refractivity contribution is 6.41. The normalized spacial score (nSPS) is 11.4. The van der Waals surface area contributed by atoms with Crippen LogP contribution >= 0.6 is 23.2 Å². The quantitative estimate of drug-likeness (QED) is 0.556. The number of benzene rings is 1. The molecule has 1 amide bonds. The smallest absolute Gasteiger partial charge is 0.340 e. The first kappa shape index (κ1) is 20.7. The number of carbonyl (C=O) groups is 3. The minimum Gasteiger partial charge on any atom is -0.467 e. The van der Waals surface area contributed by atoms with Crippen LogP contribution in [0.15, 0.2) is 42.6 Å². The molecule has 0 fully saturated rings. The van der Waals surface area contributed by atoms with Gasteiger partial charge in [0.25, 0.3) is 5.91 Å². The summed E-state index contributed by atoms with van der Waals surface area (Å²) in [5, 5.41) is 2.63. The number of carbonyl (C=O) groups excluding carboxylic acids is 3. The summed E-state index contributed by atoms with van der Waals surface area (Å²) in [7, 11) is 1.23. The molecule has 0 aliphatic carbocycles. The minimum absolute atomic E-state index is 0.0472. The van der Waals surface area contributed by atoms with Crippen molar-refractivity contribution in [3.05, 3.63) is 63.9 Å². The van der Waals surface area contributed by atoms with Gasteiger partial charge in [-0.25, -0.2) is 14.6 Å². The first-order chi connectivity index (χ1) is 12.9. The summed E-state index contributed by atoms with van der Waals surface area (Å²) < 4.78 is 9.61. The summed E-state index contributed by atoms with van der Waals surface area (Å²) in [5.41, 5.74) is 0.887. The van der Waals surface area contributed by atoms with Crippen LogP contribution in [-0.2, 0) is 25.5 Å². The highest BCUT2D eigenvalue weighted by Gasteiger charge is 2.22. The van der Waals surface area contributed by atoms with E-state index >= 15 is 0 Å². The Bertz CT molecular complexity index is 830. The molecule has 0 spiro atoms. The van der Waals surface area contributed by atoms with Gasteiger partial charge in [0.1, 0.15) is 11.2 Å². The number of hydrogen-bond acceptors (Lipinski definition) is 6. The number of rotatable bonds is 7. The lowest BCUT2D eigenvalue weighted by Gasteiger charge is -2.16. The predicted molar refractivity (Wildman–Crippen MR) is 98.6 cm³/mol. The monoisotopic (exact) mass is 410 g/mol. The molecular formula is C18H16Cl2N2O5. The molecule has 142 valence electrons. The van der Waals surface area contributed by atoms with Crippen LogP contribution in [-0.4, -0.2) is 42.6 Å². The standard InChI is InChI=1S/C18H16Cl2N2O5/c1-26-18(25)14(7-11-5-3-2-4-6-11)22-15(23)10-27-17(24)12-8-13(19)16(20)21-9-12/h2-6,8-9,14H,7,10H2,1H3,(H,22,23)/t14-/m0/s1. The zero-order valence-corrected chi connectivity index (χ0v) is 15.8. The van der Waals surface area contributed by atoms with Crippen molar-refractivity contribution in [2.24, 2.45) is 0 Å². The van der Waals surface area contributed by atoms with E-state index in [0.29, 0.717) is 0 Å². The van der Waals surface area contributed by atoms with Crippen LogP contribution < -0.4 is 5.32 Å². The number of methoxy groups -OCH3 is 1. The molecule has 0 radical (unpaired) electrons. The Labute approximate surface area is 165 Å². The Morgan fingerprint density at radius 2 is 1.89 bits per heavy atom. The van der Waals surface area contributed by atoms with E-state index in [9.17, 15) is 14.4 Å². The van der Waals surface area contributed by atoms with Crippen LogP contribution in [0.25, 0.3) is 0 Å². The molecule has 2 rings (SSSR count). The zero-order chi connectivity index (χ0) is 19.8. The summed E-state index contributed by atoms with van der Waals surface area (Å²) in [6.07, 6.45) is 1.42. The van der Waals surface area contributed by atoms with Crippen LogP contribution in [0.1, 0.15) is 15.9 Å². The van der Waals surface area contributed by atoms with Crippen molar-refractivity contribution in [1.82, 2.24) is 10.3 Å². The Morgan fingerprint density at radius 3 is 2.52 bits per heavy atom. The molecule has 1 aromatic heterocycles. The van der Waals surface area contributed by atoms with Gasteiger partial charge in [-0.3, -0.25) is 4.79 Å². The number of ether oxygens (including phenoxy) is 2. The molecule has 0 aliphatic rings. The minimum atomic E-state index is -0.907. The van der Waals surface area contributed by atoms with Crippen molar-refractivity contribution in [3.63, 3.8) is 0 Å². The fourth-order valence-corrected chi connectivity index (χ4v) is 2.44. The molecule has 9 heteroatoms. The highest BCUT2D eigenvalue weighted by Crippen LogP contribution is 2.20. The van der Waals surface area contributed by atoms with Crippen molar-refractivity contribution in [3.8, 4) is 0 Å². The Morgan fingerprint density at radius 1 is 1.19 bits per heavy atom. The molecule has 7 nitrogen and oxygen atoms in total. The Hall–Kier alpha value is -2.64. The lowest BCUT2D eigenvalue weighted by atomic mass is 10.1. The van der Waals surface area contributed by atoms with Crippen LogP contribution in [0.2, 0.25) is 10.2 Å². The zero-order valence-electron chi connectivity index (χ0n) is 14.3. The van der Waals surface area contributed by atoms with Gasteiger partial charge in [-0.1, -0.05) is 53.5 Å². The third-order valence-corrected chi connectivity index (χ3v) is 4.16. The van der Waals surface area contributed by atoms with Gasteiger partial charge in [0.05, 0.1) is 17.7 Å². The van der Waals surface area contributed by atoms with Gasteiger partial charge in [0, 0.05) is 12.6 Å². The summed E-state index contributed by atoms with van der Waals surface area (Å²) >= 11 is 11.5. The van der Waals surface area contributed by atoms with Crippen molar-refractivity contribution in [2.45, 2.75) is 12.5 Å². The number of esters is 2. The molecule has 1 heterocycles. The van der Waals surface area contributed by atoms with Crippen molar-refractivity contribution >= 4 is 41.0 Å². The van der Waals surface area contributed by atoms with Gasteiger partial charge >= 0.3 is 11.9 Å². The van der Waals surface area contributed by atoms with E-state index in [2.05, 4.69) is 10.3 Å². The predicted octanol–water partition coefficient (Wildman–Crippen LogP) is 2.45. The maximum Gasteiger partial charge on any atom is 0.340 e. The lowest BCUT2D eigenvalue weighted by Crippen LogP contribution is -2.44. The van der Waals surface area contributed by atoms with E-state index in [4.69, 9.17) is 32.7 Å². The van der Waals surface area contributed by atoms with Crippen molar-refractivity contribution in [1.29, 1.82) is 0 Å². The molecule has 2 aromatic rings. The van der Waals surface area contributed by atoms with Gasteiger partial charge < -0.3 is 14.8 Å². The number of amides is 1. The summed E-state index contributed by atoms with van der Waals surface area (Å²) in [6, 6.07) is 9.49. The third kappa shape index (κ3) is 6.23. The van der Waals surface area contributed by atoms with E-state index in [1.165, 1.54) is 19.4 Å². The second-order valence-corrected chi connectivity index (χ2v) is 6.17. The molecule has 0 aliphatic heterocycles. The van der Waals surface area contributed by atoms with Gasteiger partial charge in [-0.15, -0.1) is 0 Å². The van der Waals surface area contributed by atoms with Crippen molar-refractivity contribution in [2.75, 3.05) is 13.7 Å². The van der Waals surface area contributed by atoms with Crippen LogP contribution in [0.4, 0.5) is 0 Å². The molecule has 0 bridgehead atoms. The number of hydrogen-bond donors (Lipinski definition) is 1. The van der Waals surface area contributed by atoms with E-state index in [-0.39, 0.29) is 22.2 Å². The van der Waals surface area contributed by atoms with E-state index in [1.54, 1.807) is 0 Å².